The topological polar surface area (TPSA) is 26.3 Å². The molecule has 0 saturated heterocycles. The van der Waals surface area contributed by atoms with Crippen molar-refractivity contribution in [3.05, 3.63) is 473 Å². The van der Waals surface area contributed by atoms with Gasteiger partial charge < -0.3 is 8.83 Å². The summed E-state index contributed by atoms with van der Waals surface area (Å²) in [5.74, 6) is 0. The Balaban J connectivity index is 0.000000116. The molecule has 0 amide bonds. The molecule has 2 nitrogen and oxygen atoms in total. The highest BCUT2D eigenvalue weighted by Gasteiger charge is 2.25. The van der Waals surface area contributed by atoms with E-state index in [0.29, 0.717) is 83.5 Å². The van der Waals surface area contributed by atoms with Crippen molar-refractivity contribution in [1.29, 1.82) is 0 Å². The van der Waals surface area contributed by atoms with Crippen molar-refractivity contribution in [3.63, 3.8) is 0 Å². The van der Waals surface area contributed by atoms with E-state index in [2.05, 4.69) is 30.3 Å². The first kappa shape index (κ1) is 54.0. The lowest BCUT2D eigenvalue weighted by molar-refractivity contribution is 0.669. The normalized spacial score (nSPS) is 14.4. The molecular weight excluding hydrogens is 1570 g/mol. The third kappa shape index (κ3) is 12.0. The minimum atomic E-state index is -0.435. The van der Waals surface area contributed by atoms with Crippen LogP contribution in [0.25, 0.3) is 273 Å². The lowest BCUT2D eigenvalue weighted by Crippen LogP contribution is -1.92. The van der Waals surface area contributed by atoms with Gasteiger partial charge >= 0.3 is 0 Å². The van der Waals surface area contributed by atoms with Gasteiger partial charge in [0.1, 0.15) is 22.3 Å². The van der Waals surface area contributed by atoms with Gasteiger partial charge in [0.25, 0.3) is 0 Å². The SMILES string of the molecule is [2H]c1c([2H])c([2H])c2c(-c3cc4ccccc4c4ccccc34)c3c([2H])c([2H])c([2H])c([2H])c3c(-c3ccc(-c4cccc5ccccc45)cc3)c2c1[2H].[2H]c1c([2H])c([2H])c2c(-c3cc4ccccc4c4ccccc34)c3c([2H])c([2H])c([2H])c([2H])c3c(-c3ccc4c(c3)oc3cc5ccccc5cc34)c2c1[2H].[2H]c1c([2H])c([2H])c2c(-c3cc4ccccc4c4ccccc34)c3c([2H])c([2H])c([2H])c([2H])c3c(-c3ccc4oc5ccccc5c4c3)c2c1[2H]. The van der Waals surface area contributed by atoms with Crippen LogP contribution in [0.15, 0.2) is 481 Å². The maximum Gasteiger partial charge on any atom is 0.136 e. The van der Waals surface area contributed by atoms with Gasteiger partial charge in [0, 0.05) is 21.5 Å². The summed E-state index contributed by atoms with van der Waals surface area (Å²) in [5.41, 5.74) is 9.92. The van der Waals surface area contributed by atoms with E-state index in [0.717, 1.165) is 119 Å². The lowest BCUT2D eigenvalue weighted by atomic mass is 9.83. The van der Waals surface area contributed by atoms with Crippen molar-refractivity contribution >= 4 is 195 Å². The molecule has 26 aromatic carbocycles. The molecule has 0 aliphatic rings. The number of benzene rings is 26. The van der Waals surface area contributed by atoms with E-state index in [1.807, 2.05) is 285 Å². The van der Waals surface area contributed by atoms with Gasteiger partial charge in [-0.2, -0.15) is 0 Å². The summed E-state index contributed by atoms with van der Waals surface area (Å²) in [6.45, 7) is 0. The van der Waals surface area contributed by atoms with Gasteiger partial charge in [-0.05, 0) is 289 Å². The summed E-state index contributed by atoms with van der Waals surface area (Å²) in [6.07, 6.45) is 0. The van der Waals surface area contributed by atoms with Crippen molar-refractivity contribution < 1.29 is 41.7 Å². The Morgan fingerprint density at radius 3 is 0.846 bits per heavy atom. The van der Waals surface area contributed by atoms with Crippen LogP contribution in [-0.4, -0.2) is 0 Å². The second-order valence-electron chi connectivity index (χ2n) is 32.7. The average molecular weight is 1670 g/mol. The van der Waals surface area contributed by atoms with Crippen LogP contribution in [-0.2, 0) is 0 Å². The van der Waals surface area contributed by atoms with Crippen LogP contribution in [0.3, 0.4) is 0 Å². The molecule has 28 rings (SSSR count). The number of rotatable bonds is 7. The van der Waals surface area contributed by atoms with Crippen molar-refractivity contribution in [1.82, 2.24) is 0 Å². The Morgan fingerprint density at radius 2 is 0.408 bits per heavy atom. The van der Waals surface area contributed by atoms with Gasteiger partial charge in [0.15, 0.2) is 0 Å². The zero-order chi connectivity index (χ0) is 106. The fourth-order valence-electron chi connectivity index (χ4n) is 20.1. The van der Waals surface area contributed by atoms with Crippen molar-refractivity contribution in [2.24, 2.45) is 0 Å². The molecule has 0 aliphatic carbocycles. The molecule has 0 atom stereocenters. The molecule has 0 radical (unpaired) electrons. The summed E-state index contributed by atoms with van der Waals surface area (Å²) >= 11 is 0. The average Bonchev–Trinajstić information content (AvgIpc) is 0.923. The number of para-hydroxylation sites is 1. The number of hydrogen-bond donors (Lipinski definition) is 0. The fourth-order valence-corrected chi connectivity index (χ4v) is 20.1. The quantitative estimate of drug-likeness (QED) is 0.117. The molecule has 130 heavy (non-hydrogen) atoms. The largest absolute Gasteiger partial charge is 0.456 e. The van der Waals surface area contributed by atoms with E-state index in [-0.39, 0.29) is 143 Å². The van der Waals surface area contributed by atoms with Crippen LogP contribution >= 0.6 is 0 Å². The molecule has 602 valence electrons. The molecule has 0 spiro atoms. The van der Waals surface area contributed by atoms with Gasteiger partial charge in [0.05, 0.1) is 32.9 Å². The van der Waals surface area contributed by atoms with Gasteiger partial charge in [-0.3, -0.25) is 0 Å². The van der Waals surface area contributed by atoms with E-state index in [1.54, 1.807) is 12.1 Å². The van der Waals surface area contributed by atoms with E-state index in [1.165, 1.54) is 0 Å². The molecule has 0 saturated carbocycles. The van der Waals surface area contributed by atoms with E-state index < -0.39 is 72.5 Å². The van der Waals surface area contributed by atoms with Crippen LogP contribution in [0.5, 0.6) is 0 Å². The first-order valence-electron chi connectivity index (χ1n) is 54.9. The minimum Gasteiger partial charge on any atom is -0.456 e. The number of furan rings is 2. The van der Waals surface area contributed by atoms with Gasteiger partial charge in [-0.25, -0.2) is 0 Å². The highest BCUT2D eigenvalue weighted by molar-refractivity contribution is 6.31. The van der Waals surface area contributed by atoms with Crippen LogP contribution in [0.4, 0.5) is 0 Å². The smallest absolute Gasteiger partial charge is 0.136 e. The third-order valence-electron chi connectivity index (χ3n) is 25.8. The first-order chi connectivity index (χ1) is 74.5. The van der Waals surface area contributed by atoms with Crippen LogP contribution in [0.1, 0.15) is 32.9 Å². The summed E-state index contributed by atoms with van der Waals surface area (Å²) in [5, 5.41) is 20.7. The summed E-state index contributed by atoms with van der Waals surface area (Å²) in [7, 11) is 0. The lowest BCUT2D eigenvalue weighted by Gasteiger charge is -2.19. The predicted molar refractivity (Wildman–Crippen MR) is 557 cm³/mol. The van der Waals surface area contributed by atoms with Crippen LogP contribution in [0.2, 0.25) is 0 Å². The van der Waals surface area contributed by atoms with Crippen molar-refractivity contribution in [2.45, 2.75) is 0 Å². The third-order valence-corrected chi connectivity index (χ3v) is 25.8. The first-order valence-corrected chi connectivity index (χ1v) is 42.9. The molecule has 0 unspecified atom stereocenters. The monoisotopic (exact) mass is 1670 g/mol. The molecule has 2 heteroatoms. The zero-order valence-corrected chi connectivity index (χ0v) is 69.0. The Kier molecular flexibility index (Phi) is 12.6. The molecule has 0 N–H and O–H groups in total. The Labute approximate surface area is 783 Å². The molecular formula is C128H78O2. The standard InChI is InChI=1S/C44H26O.C44H28.C40H24O/c1-2-12-28-25-42-39(23-27(28)11-1)34-22-21-30(26-41(34)45-42)43-35-17-7-9-19-37(35)44(38-20-10-8-18-36(38)43)40-24-29-13-3-4-14-31(29)32-15-5-6-16-33(32)40;1-3-15-33-29(12-1)14-11-23-34(33)30-24-26-31(27-25-30)43-38-19-7-9-21-40(38)44(41-22-10-8-20-39(41)43)42-28-32-13-2-4-16-35(32)36-17-5-6-18-37(36)42;1-2-12-27-25(11-1)23-36(29-14-4-3-13-28(27)29)40-33-18-7-5-16-31(33)39(32-17-6-8-19-34(32)40)26-21-22-38-35(24-26)30-15-9-10-20-37(30)41-38/h1-26H;1-28H;1-24H/i7D,8D,9D,10D,17D,18D,19D,20D;7D,8D,9D,10D,19D,20D,21D,22D;5D,6D,7D,8D,16D,17D,18D,19D. The number of hydrogen-bond acceptors (Lipinski definition) is 2. The summed E-state index contributed by atoms with van der Waals surface area (Å²) in [6, 6.07) is 97.0. The highest BCUT2D eigenvalue weighted by Crippen LogP contribution is 2.53. The van der Waals surface area contributed by atoms with Crippen LogP contribution < -0.4 is 0 Å². The van der Waals surface area contributed by atoms with E-state index in [9.17, 15) is 16.4 Å². The highest BCUT2D eigenvalue weighted by atomic mass is 16.3. The maximum atomic E-state index is 9.42. The molecule has 0 bridgehead atoms. The molecule has 0 fully saturated rings. The zero-order valence-electron chi connectivity index (χ0n) is 93.0. The van der Waals surface area contributed by atoms with Crippen molar-refractivity contribution in [3.8, 4) is 77.9 Å². The summed E-state index contributed by atoms with van der Waals surface area (Å²) < 4.78 is 231. The fraction of sp³-hybridized carbons (Fsp3) is 0. The Hall–Kier alpha value is -17.0. The van der Waals surface area contributed by atoms with Crippen LogP contribution in [0, 0.1) is 0 Å². The van der Waals surface area contributed by atoms with Gasteiger partial charge in [-0.1, -0.05) is 412 Å². The number of fused-ring (bicyclic) bond motifs is 23. The van der Waals surface area contributed by atoms with Gasteiger partial charge in [0.2, 0.25) is 0 Å². The van der Waals surface area contributed by atoms with E-state index in [4.69, 9.17) is 25.3 Å². The minimum absolute atomic E-state index is 0.168. The second-order valence-corrected chi connectivity index (χ2v) is 32.7. The molecule has 28 aromatic rings. The Morgan fingerprint density at radius 1 is 0.131 bits per heavy atom. The predicted octanol–water partition coefficient (Wildman–Crippen LogP) is 36.7. The van der Waals surface area contributed by atoms with Crippen molar-refractivity contribution in [2.75, 3.05) is 0 Å². The summed E-state index contributed by atoms with van der Waals surface area (Å²) in [4.78, 5) is 0. The van der Waals surface area contributed by atoms with Gasteiger partial charge in [-0.15, -0.1) is 0 Å². The van der Waals surface area contributed by atoms with E-state index >= 15 is 0 Å². The molecule has 0 aliphatic heterocycles. The molecule has 2 heterocycles. The Bertz CT molecular complexity index is 10900. The maximum absolute atomic E-state index is 9.42. The second kappa shape index (κ2) is 30.4. The molecule has 2 aromatic heterocycles.